The van der Waals surface area contributed by atoms with E-state index in [0.29, 0.717) is 27.7 Å². The van der Waals surface area contributed by atoms with E-state index in [1.807, 2.05) is 12.1 Å². The molecule has 5 aliphatic rings. The summed E-state index contributed by atoms with van der Waals surface area (Å²) in [5.41, 5.74) is 10.9. The second-order valence-corrected chi connectivity index (χ2v) is 16.9. The van der Waals surface area contributed by atoms with E-state index >= 15 is 0 Å². The van der Waals surface area contributed by atoms with Gasteiger partial charge >= 0.3 is 5.97 Å². The average Bonchev–Trinajstić information content (AvgIpc) is 3.26. The zero-order chi connectivity index (χ0) is 28.9. The molecule has 0 aliphatic heterocycles. The van der Waals surface area contributed by atoms with E-state index in [-0.39, 0.29) is 29.3 Å². The van der Waals surface area contributed by atoms with Crippen LogP contribution in [0.15, 0.2) is 24.3 Å². The first kappa shape index (κ1) is 31.4. The molecule has 0 saturated heterocycles. The Morgan fingerprint density at radius 1 is 0.829 bits per heavy atom. The van der Waals surface area contributed by atoms with Gasteiger partial charge in [-0.2, -0.15) is 0 Å². The lowest BCUT2D eigenvalue weighted by Gasteiger charge is -2.73. The van der Waals surface area contributed by atoms with Crippen molar-refractivity contribution in [2.75, 3.05) is 7.11 Å². The second-order valence-electron chi connectivity index (χ2n) is 16.9. The molecule has 1 aromatic rings. The van der Waals surface area contributed by atoms with Gasteiger partial charge in [-0.05, 0) is 145 Å². The van der Waals surface area contributed by atoms with Crippen LogP contribution in [0.3, 0.4) is 0 Å². The van der Waals surface area contributed by atoms with Crippen molar-refractivity contribution in [1.82, 2.24) is 0 Å². The first-order valence-electron chi connectivity index (χ1n) is 16.7. The summed E-state index contributed by atoms with van der Waals surface area (Å²) in [5, 5.41) is 0. The molecule has 0 radical (unpaired) electrons. The zero-order valence-electron chi connectivity index (χ0n) is 27.2. The van der Waals surface area contributed by atoms with Crippen molar-refractivity contribution in [3.63, 3.8) is 0 Å². The first-order valence-corrected chi connectivity index (χ1v) is 16.7. The highest BCUT2D eigenvalue weighted by atomic mass is 35.5. The van der Waals surface area contributed by atoms with Crippen LogP contribution in [-0.2, 0) is 4.74 Å². The van der Waals surface area contributed by atoms with E-state index in [1.165, 1.54) is 76.9 Å². The molecule has 3 nitrogen and oxygen atoms in total. The third-order valence-electron chi connectivity index (χ3n) is 15.2. The second kappa shape index (κ2) is 10.3. The Morgan fingerprint density at radius 3 is 2.15 bits per heavy atom. The molecule has 0 bridgehead atoms. The van der Waals surface area contributed by atoms with Gasteiger partial charge in [-0.1, -0.05) is 60.6 Å². The molecule has 0 spiro atoms. The molecular weight excluding hydrogens is 526 g/mol. The summed E-state index contributed by atoms with van der Waals surface area (Å²) >= 11 is 0. The van der Waals surface area contributed by atoms with Gasteiger partial charge in [0, 0.05) is 5.54 Å². The topological polar surface area (TPSA) is 52.3 Å². The molecule has 1 aromatic carbocycles. The summed E-state index contributed by atoms with van der Waals surface area (Å²) < 4.78 is 4.95. The fourth-order valence-corrected chi connectivity index (χ4v) is 13.0. The summed E-state index contributed by atoms with van der Waals surface area (Å²) in [5.74, 6) is 4.87. The van der Waals surface area contributed by atoms with Gasteiger partial charge in [0.2, 0.25) is 0 Å². The van der Waals surface area contributed by atoms with Gasteiger partial charge in [0.1, 0.15) is 0 Å². The lowest BCUT2D eigenvalue weighted by molar-refractivity contribution is -0.233. The Hall–Kier alpha value is -1.06. The van der Waals surface area contributed by atoms with Gasteiger partial charge in [-0.15, -0.1) is 12.4 Å². The van der Waals surface area contributed by atoms with E-state index < -0.39 is 0 Å². The molecule has 5 aliphatic carbocycles. The summed E-state index contributed by atoms with van der Waals surface area (Å²) in [7, 11) is 1.46. The van der Waals surface area contributed by atoms with Crippen LogP contribution < -0.4 is 5.73 Å². The van der Waals surface area contributed by atoms with Crippen molar-refractivity contribution in [3.8, 4) is 0 Å². The summed E-state index contributed by atoms with van der Waals surface area (Å²) in [6.07, 6.45) is 13.3. The lowest BCUT2D eigenvalue weighted by Crippen LogP contribution is -2.68. The number of carbonyl (C=O) groups excluding carboxylic acids is 1. The fraction of sp³-hybridized carbons (Fsp3) is 0.811. The van der Waals surface area contributed by atoms with Crippen molar-refractivity contribution in [1.29, 1.82) is 0 Å². The van der Waals surface area contributed by atoms with Crippen LogP contribution in [0.5, 0.6) is 0 Å². The Kier molecular flexibility index (Phi) is 7.84. The molecule has 0 heterocycles. The maximum Gasteiger partial charge on any atom is 0.337 e. The average molecular weight is 584 g/mol. The molecule has 2 N–H and O–H groups in total. The number of carbonyl (C=O) groups is 1. The van der Waals surface area contributed by atoms with Crippen molar-refractivity contribution in [2.24, 2.45) is 62.9 Å². The van der Waals surface area contributed by atoms with Crippen LogP contribution in [0.25, 0.3) is 0 Å². The fourth-order valence-electron chi connectivity index (χ4n) is 13.0. The maximum atomic E-state index is 12.0. The summed E-state index contributed by atoms with van der Waals surface area (Å²) in [6, 6.07) is 8.35. The number of ether oxygens (including phenoxy) is 1. The normalized spacial score (nSPS) is 46.4. The van der Waals surface area contributed by atoms with Crippen LogP contribution in [0.2, 0.25) is 0 Å². The number of benzene rings is 1. The van der Waals surface area contributed by atoms with Crippen LogP contribution in [0.1, 0.15) is 135 Å². The van der Waals surface area contributed by atoms with Crippen molar-refractivity contribution in [2.45, 2.75) is 124 Å². The van der Waals surface area contributed by atoms with Gasteiger partial charge in [0.05, 0.1) is 12.7 Å². The minimum Gasteiger partial charge on any atom is -0.465 e. The molecule has 6 rings (SSSR count). The number of esters is 1. The van der Waals surface area contributed by atoms with E-state index in [9.17, 15) is 4.79 Å². The molecule has 5 fully saturated rings. The predicted octanol–water partition coefficient (Wildman–Crippen LogP) is 9.43. The smallest absolute Gasteiger partial charge is 0.337 e. The molecule has 4 heteroatoms. The van der Waals surface area contributed by atoms with Crippen LogP contribution in [0, 0.1) is 57.2 Å². The molecule has 41 heavy (non-hydrogen) atoms. The lowest BCUT2D eigenvalue weighted by atomic mass is 9.32. The Balaban J connectivity index is 0.00000337. The number of methoxy groups -OCH3 is 1. The first-order chi connectivity index (χ1) is 18.7. The Morgan fingerprint density at radius 2 is 1.51 bits per heavy atom. The van der Waals surface area contributed by atoms with Crippen molar-refractivity contribution < 1.29 is 9.53 Å². The molecule has 230 valence electrons. The third-order valence-corrected chi connectivity index (χ3v) is 15.2. The molecule has 5 saturated carbocycles. The minimum atomic E-state index is -0.246. The largest absolute Gasteiger partial charge is 0.465 e. The SMILES string of the molecule is COC(=O)c1ccc(C2CC[C@]3(C)[C@H]4CC[C@@H]5[C@H]6[C@H](C(C)C)CC[C@]6(N)CC[C@@]5(C)[C@]4(C)CC[C@H]3C2(C)C)cc1.Cl. The van der Waals surface area contributed by atoms with Crippen LogP contribution >= 0.6 is 12.4 Å². The number of fused-ring (bicyclic) bond motifs is 7. The number of nitrogens with two attached hydrogens (primary N) is 1. The number of halogens is 1. The molecule has 0 amide bonds. The monoisotopic (exact) mass is 583 g/mol. The zero-order valence-corrected chi connectivity index (χ0v) is 28.0. The van der Waals surface area contributed by atoms with E-state index in [4.69, 9.17) is 10.5 Å². The van der Waals surface area contributed by atoms with E-state index in [1.54, 1.807) is 0 Å². The van der Waals surface area contributed by atoms with Crippen LogP contribution in [-0.4, -0.2) is 18.6 Å². The standard InChI is InChI=1S/C37H57NO2.ClH/c1-23(2)26-15-20-37(38)22-21-35(6)28(31(26)37)13-14-30-34(5)18-16-27(24-9-11-25(12-10-24)32(39)40-8)33(3,4)29(34)17-19-36(30,35)7;/h9-12,23,26-31H,13-22,38H2,1-8H3;1H/t26-,27?,28+,29-,30+,31+,34-,35+,36+,37-;/m0./s1. The maximum absolute atomic E-state index is 12.0. The Labute approximate surface area is 256 Å². The van der Waals surface area contributed by atoms with Gasteiger partial charge < -0.3 is 10.5 Å². The van der Waals surface area contributed by atoms with Gasteiger partial charge in [0.15, 0.2) is 0 Å². The molecule has 0 aromatic heterocycles. The molecular formula is C37H58ClNO2. The van der Waals surface area contributed by atoms with Crippen molar-refractivity contribution in [3.05, 3.63) is 35.4 Å². The van der Waals surface area contributed by atoms with Gasteiger partial charge in [-0.25, -0.2) is 4.79 Å². The quantitative estimate of drug-likeness (QED) is 0.360. The number of hydrogen-bond acceptors (Lipinski definition) is 3. The molecule has 1 unspecified atom stereocenters. The van der Waals surface area contributed by atoms with E-state index in [0.717, 1.165) is 35.5 Å². The highest BCUT2D eigenvalue weighted by Crippen LogP contribution is 2.77. The molecule has 10 atom stereocenters. The third kappa shape index (κ3) is 4.24. The number of hydrogen-bond donors (Lipinski definition) is 1. The number of rotatable bonds is 3. The van der Waals surface area contributed by atoms with Gasteiger partial charge in [0.25, 0.3) is 0 Å². The minimum absolute atomic E-state index is 0. The highest BCUT2D eigenvalue weighted by molar-refractivity contribution is 5.89. The van der Waals surface area contributed by atoms with Crippen LogP contribution in [0.4, 0.5) is 0 Å². The Bertz CT molecular complexity index is 1150. The van der Waals surface area contributed by atoms with E-state index in [2.05, 4.69) is 60.6 Å². The van der Waals surface area contributed by atoms with Gasteiger partial charge in [-0.3, -0.25) is 0 Å². The van der Waals surface area contributed by atoms with Crippen molar-refractivity contribution >= 4 is 18.4 Å². The summed E-state index contributed by atoms with van der Waals surface area (Å²) in [4.78, 5) is 12.0. The summed E-state index contributed by atoms with van der Waals surface area (Å²) in [6.45, 7) is 18.3. The predicted molar refractivity (Wildman–Crippen MR) is 171 cm³/mol. The highest BCUT2D eigenvalue weighted by Gasteiger charge is 2.70.